The fourth-order valence-corrected chi connectivity index (χ4v) is 2.44. The molecule has 10 heteroatoms. The van der Waals surface area contributed by atoms with Crippen LogP contribution in [0.2, 0.25) is 0 Å². The van der Waals surface area contributed by atoms with Crippen LogP contribution in [0.15, 0.2) is 28.1 Å². The van der Waals surface area contributed by atoms with E-state index < -0.39 is 4.92 Å². The molecule has 0 atom stereocenters. The zero-order valence-electron chi connectivity index (χ0n) is 16.0. The van der Waals surface area contributed by atoms with Crippen molar-refractivity contribution in [2.24, 2.45) is 5.10 Å². The molecule has 150 valence electrons. The van der Waals surface area contributed by atoms with E-state index in [1.54, 1.807) is 13.0 Å². The zero-order chi connectivity index (χ0) is 20.5. The van der Waals surface area contributed by atoms with Crippen molar-refractivity contribution in [3.63, 3.8) is 0 Å². The molecule has 2 rings (SSSR count). The Morgan fingerprint density at radius 1 is 1.36 bits per heavy atom. The average Bonchev–Trinajstić information content (AvgIpc) is 2.64. The summed E-state index contributed by atoms with van der Waals surface area (Å²) in [6.45, 7) is 4.11. The number of benzene rings is 1. The van der Waals surface area contributed by atoms with E-state index in [1.165, 1.54) is 25.5 Å². The molecule has 2 N–H and O–H groups in total. The molecule has 0 aliphatic carbocycles. The lowest BCUT2D eigenvalue weighted by atomic mass is 10.2. The van der Waals surface area contributed by atoms with Crippen molar-refractivity contribution in [1.82, 2.24) is 9.97 Å². The van der Waals surface area contributed by atoms with Gasteiger partial charge in [0.2, 0.25) is 11.7 Å². The number of nitrogens with zero attached hydrogens (tertiary/aromatic N) is 3. The van der Waals surface area contributed by atoms with Crippen LogP contribution >= 0.6 is 0 Å². The van der Waals surface area contributed by atoms with Crippen LogP contribution in [0.5, 0.6) is 11.5 Å². The fraction of sp³-hybridized carbons (Fsp3) is 0.389. The monoisotopic (exact) mass is 389 g/mol. The van der Waals surface area contributed by atoms with E-state index in [0.717, 1.165) is 19.3 Å². The molecule has 0 bridgehead atoms. The zero-order valence-corrected chi connectivity index (χ0v) is 16.0. The highest BCUT2D eigenvalue weighted by Crippen LogP contribution is 2.38. The summed E-state index contributed by atoms with van der Waals surface area (Å²) in [7, 11) is 1.42. The Labute approximate surface area is 161 Å². The van der Waals surface area contributed by atoms with Gasteiger partial charge in [-0.05, 0) is 19.4 Å². The van der Waals surface area contributed by atoms with Gasteiger partial charge in [-0.3, -0.25) is 19.9 Å². The van der Waals surface area contributed by atoms with Crippen LogP contribution in [0.1, 0.15) is 37.4 Å². The number of nitro benzene ring substituents is 1. The number of hydrogen-bond donors (Lipinski definition) is 2. The quantitative estimate of drug-likeness (QED) is 0.276. The number of anilines is 1. The summed E-state index contributed by atoms with van der Waals surface area (Å²) >= 11 is 0. The molecule has 0 saturated heterocycles. The van der Waals surface area contributed by atoms with Gasteiger partial charge < -0.3 is 9.47 Å². The second kappa shape index (κ2) is 10.0. The third-order valence-corrected chi connectivity index (χ3v) is 3.72. The van der Waals surface area contributed by atoms with Crippen LogP contribution in [0.4, 0.5) is 11.6 Å². The van der Waals surface area contributed by atoms with Crippen molar-refractivity contribution >= 4 is 17.9 Å². The maximum atomic E-state index is 11.5. The van der Waals surface area contributed by atoms with Gasteiger partial charge in [-0.25, -0.2) is 10.4 Å². The Morgan fingerprint density at radius 3 is 2.79 bits per heavy atom. The molecule has 0 fully saturated rings. The van der Waals surface area contributed by atoms with Crippen molar-refractivity contribution in [3.05, 3.63) is 49.9 Å². The first kappa shape index (κ1) is 20.9. The van der Waals surface area contributed by atoms with Crippen molar-refractivity contribution in [2.45, 2.75) is 33.1 Å². The molecule has 1 aromatic heterocycles. The van der Waals surface area contributed by atoms with Gasteiger partial charge in [0.25, 0.3) is 5.56 Å². The van der Waals surface area contributed by atoms with E-state index in [2.05, 4.69) is 27.4 Å². The molecular formula is C18H23N5O5. The van der Waals surface area contributed by atoms with E-state index in [4.69, 9.17) is 9.47 Å². The van der Waals surface area contributed by atoms with Gasteiger partial charge in [0.15, 0.2) is 5.75 Å². The molecule has 0 spiro atoms. The number of H-pyrrole nitrogens is 1. The third-order valence-electron chi connectivity index (χ3n) is 3.72. The number of ether oxygens (including phenoxy) is 2. The first-order valence-corrected chi connectivity index (χ1v) is 8.80. The number of hydrazone groups is 1. The Bertz CT molecular complexity index is 910. The summed E-state index contributed by atoms with van der Waals surface area (Å²) in [4.78, 5) is 28.9. The molecule has 0 radical (unpaired) electrons. The van der Waals surface area contributed by atoms with E-state index in [9.17, 15) is 14.9 Å². The second-order valence-corrected chi connectivity index (χ2v) is 5.99. The average molecular weight is 389 g/mol. The Hall–Kier alpha value is -3.43. The Morgan fingerprint density at radius 2 is 2.14 bits per heavy atom. The molecule has 0 amide bonds. The molecule has 1 heterocycles. The number of methoxy groups -OCH3 is 1. The van der Waals surface area contributed by atoms with Crippen molar-refractivity contribution in [3.8, 4) is 11.5 Å². The number of aromatic amines is 1. The largest absolute Gasteiger partial charge is 0.493 e. The van der Waals surface area contributed by atoms with Gasteiger partial charge in [-0.15, -0.1) is 0 Å². The summed E-state index contributed by atoms with van der Waals surface area (Å²) in [6.07, 6.45) is 4.15. The number of nitrogens with one attached hydrogen (secondary N) is 2. The highest BCUT2D eigenvalue weighted by molar-refractivity contribution is 5.83. The topological polar surface area (TPSA) is 132 Å². The smallest absolute Gasteiger partial charge is 0.315 e. The van der Waals surface area contributed by atoms with Crippen molar-refractivity contribution in [2.75, 3.05) is 19.1 Å². The molecule has 0 unspecified atom stereocenters. The first-order valence-electron chi connectivity index (χ1n) is 8.80. The van der Waals surface area contributed by atoms with Crippen LogP contribution in [0, 0.1) is 17.0 Å². The number of rotatable bonds is 10. The normalized spacial score (nSPS) is 10.8. The molecule has 1 aromatic carbocycles. The molecule has 0 aliphatic heterocycles. The van der Waals surface area contributed by atoms with Gasteiger partial charge >= 0.3 is 5.69 Å². The minimum absolute atomic E-state index is 0.0957. The summed E-state index contributed by atoms with van der Waals surface area (Å²) in [6, 6.07) is 4.28. The number of hydrogen-bond acceptors (Lipinski definition) is 8. The second-order valence-electron chi connectivity index (χ2n) is 5.99. The minimum Gasteiger partial charge on any atom is -0.493 e. The number of nitro groups is 1. The maximum absolute atomic E-state index is 11.5. The highest BCUT2D eigenvalue weighted by Gasteiger charge is 2.22. The van der Waals surface area contributed by atoms with Gasteiger partial charge in [-0.1, -0.05) is 19.8 Å². The summed E-state index contributed by atoms with van der Waals surface area (Å²) in [5, 5.41) is 15.4. The molecule has 0 saturated carbocycles. The minimum atomic E-state index is -0.526. The van der Waals surface area contributed by atoms with E-state index in [0.29, 0.717) is 17.9 Å². The number of aryl methyl sites for hydroxylation is 1. The van der Waals surface area contributed by atoms with E-state index in [1.807, 2.05) is 0 Å². The van der Waals surface area contributed by atoms with E-state index >= 15 is 0 Å². The lowest BCUT2D eigenvalue weighted by Crippen LogP contribution is -2.10. The summed E-state index contributed by atoms with van der Waals surface area (Å²) < 4.78 is 10.9. The van der Waals surface area contributed by atoms with Crippen LogP contribution in [-0.4, -0.2) is 34.8 Å². The molecule has 28 heavy (non-hydrogen) atoms. The number of aromatic nitrogens is 2. The van der Waals surface area contributed by atoms with Crippen LogP contribution in [0.25, 0.3) is 0 Å². The van der Waals surface area contributed by atoms with Crippen LogP contribution in [0.3, 0.4) is 0 Å². The molecule has 0 aliphatic rings. The first-order chi connectivity index (χ1) is 13.4. The van der Waals surface area contributed by atoms with Gasteiger partial charge in [0.1, 0.15) is 0 Å². The molecular weight excluding hydrogens is 366 g/mol. The highest BCUT2D eigenvalue weighted by atomic mass is 16.6. The summed E-state index contributed by atoms with van der Waals surface area (Å²) in [5.74, 6) is 0.506. The standard InChI is InChI=1S/C18H23N5O5/c1-4-5-6-7-28-17-14(23(25)26)9-13(10-15(17)27-3)11-19-22-18-20-12(2)8-16(24)21-18/h8-11H,4-7H2,1-3H3,(H2,20,21,22,24)/b19-11-. The number of unbranched alkanes of at least 4 members (excludes halogenated alkanes) is 2. The van der Waals surface area contributed by atoms with Gasteiger partial charge in [0.05, 0.1) is 24.9 Å². The lowest BCUT2D eigenvalue weighted by Gasteiger charge is -2.11. The fourth-order valence-electron chi connectivity index (χ4n) is 2.44. The maximum Gasteiger partial charge on any atom is 0.315 e. The Balaban J connectivity index is 2.23. The van der Waals surface area contributed by atoms with Gasteiger partial charge in [0, 0.05) is 23.4 Å². The predicted octanol–water partition coefficient (Wildman–Crippen LogP) is 3.01. The van der Waals surface area contributed by atoms with Crippen LogP contribution in [-0.2, 0) is 0 Å². The molecule has 2 aromatic rings. The van der Waals surface area contributed by atoms with E-state index in [-0.39, 0.29) is 28.7 Å². The molecule has 10 nitrogen and oxygen atoms in total. The lowest BCUT2D eigenvalue weighted by molar-refractivity contribution is -0.386. The van der Waals surface area contributed by atoms with Crippen molar-refractivity contribution < 1.29 is 14.4 Å². The van der Waals surface area contributed by atoms with Crippen LogP contribution < -0.4 is 20.5 Å². The van der Waals surface area contributed by atoms with Crippen molar-refractivity contribution in [1.29, 1.82) is 0 Å². The third kappa shape index (κ3) is 5.79. The predicted molar refractivity (Wildman–Crippen MR) is 105 cm³/mol. The van der Waals surface area contributed by atoms with Gasteiger partial charge in [-0.2, -0.15) is 5.10 Å². The Kier molecular flexibility index (Phi) is 7.49. The SMILES string of the molecule is CCCCCOc1c(OC)cc(/C=N\Nc2nc(C)cc(=O)[nH]2)cc1[N+](=O)[O-]. The summed E-state index contributed by atoms with van der Waals surface area (Å²) in [5.41, 5.74) is 3.02.